The monoisotopic (exact) mass is 287 g/mol. The van der Waals surface area contributed by atoms with E-state index in [1.165, 1.54) is 62.5 Å². The molecule has 2 nitrogen and oxygen atoms in total. The Kier molecular flexibility index (Phi) is 5.18. The zero-order chi connectivity index (χ0) is 14.5. The van der Waals surface area contributed by atoms with Gasteiger partial charge in [-0.15, -0.1) is 0 Å². The standard InChI is InChI=1S/C19H29NO/c1-2-20-19(16-7-4-3-5-8-16)14-21-18-12-11-15-9-6-10-17(15)13-18/h11-13,16,19-20H,2-10,14H2,1H3. The molecule has 0 bridgehead atoms. The summed E-state index contributed by atoms with van der Waals surface area (Å²) in [4.78, 5) is 0. The van der Waals surface area contributed by atoms with Gasteiger partial charge in [-0.25, -0.2) is 0 Å². The largest absolute Gasteiger partial charge is 0.492 e. The first-order valence-electron chi connectivity index (χ1n) is 8.85. The highest BCUT2D eigenvalue weighted by molar-refractivity contribution is 5.38. The van der Waals surface area contributed by atoms with Crippen molar-refractivity contribution >= 4 is 0 Å². The molecule has 1 unspecified atom stereocenters. The molecule has 0 aromatic heterocycles. The fraction of sp³-hybridized carbons (Fsp3) is 0.684. The number of aryl methyl sites for hydroxylation is 2. The van der Waals surface area contributed by atoms with E-state index in [-0.39, 0.29) is 0 Å². The van der Waals surface area contributed by atoms with Crippen LogP contribution in [0.4, 0.5) is 0 Å². The van der Waals surface area contributed by atoms with Crippen LogP contribution < -0.4 is 10.1 Å². The zero-order valence-electron chi connectivity index (χ0n) is 13.4. The van der Waals surface area contributed by atoms with Gasteiger partial charge >= 0.3 is 0 Å². The Morgan fingerprint density at radius 3 is 2.71 bits per heavy atom. The van der Waals surface area contributed by atoms with Crippen LogP contribution >= 0.6 is 0 Å². The topological polar surface area (TPSA) is 21.3 Å². The van der Waals surface area contributed by atoms with E-state index in [9.17, 15) is 0 Å². The van der Waals surface area contributed by atoms with Gasteiger partial charge in [-0.1, -0.05) is 32.3 Å². The lowest BCUT2D eigenvalue weighted by Crippen LogP contribution is -2.41. The third kappa shape index (κ3) is 3.79. The van der Waals surface area contributed by atoms with E-state index in [1.807, 2.05) is 0 Å². The Morgan fingerprint density at radius 2 is 1.90 bits per heavy atom. The minimum Gasteiger partial charge on any atom is -0.492 e. The van der Waals surface area contributed by atoms with Crippen LogP contribution in [0.1, 0.15) is 56.6 Å². The molecule has 1 aromatic rings. The highest BCUT2D eigenvalue weighted by atomic mass is 16.5. The van der Waals surface area contributed by atoms with Crippen LogP contribution in [0.2, 0.25) is 0 Å². The van der Waals surface area contributed by atoms with Crippen molar-refractivity contribution in [2.24, 2.45) is 5.92 Å². The summed E-state index contributed by atoms with van der Waals surface area (Å²) in [5.74, 6) is 1.86. The SMILES string of the molecule is CCNC(COc1ccc2c(c1)CCC2)C1CCCCC1. The molecule has 0 heterocycles. The van der Waals surface area contributed by atoms with Crippen molar-refractivity contribution in [2.75, 3.05) is 13.2 Å². The van der Waals surface area contributed by atoms with Crippen LogP contribution in [0.5, 0.6) is 5.75 Å². The maximum atomic E-state index is 6.14. The fourth-order valence-corrected chi connectivity index (χ4v) is 3.98. The van der Waals surface area contributed by atoms with Gasteiger partial charge in [0.15, 0.2) is 0 Å². The molecule has 0 aliphatic heterocycles. The first-order chi connectivity index (χ1) is 10.4. The van der Waals surface area contributed by atoms with Crippen molar-refractivity contribution in [3.8, 4) is 5.75 Å². The van der Waals surface area contributed by atoms with Gasteiger partial charge in [-0.2, -0.15) is 0 Å². The molecule has 2 aliphatic carbocycles. The first kappa shape index (κ1) is 14.9. The molecule has 116 valence electrons. The number of likely N-dealkylation sites (N-methyl/N-ethyl adjacent to an activating group) is 1. The van der Waals surface area contributed by atoms with Crippen LogP contribution in [0.25, 0.3) is 0 Å². The van der Waals surface area contributed by atoms with Gasteiger partial charge in [0.05, 0.1) is 0 Å². The molecule has 1 atom stereocenters. The van der Waals surface area contributed by atoms with Crippen LogP contribution in [-0.4, -0.2) is 19.2 Å². The molecule has 1 fully saturated rings. The molecule has 3 rings (SSSR count). The van der Waals surface area contributed by atoms with Crippen molar-refractivity contribution in [2.45, 2.75) is 64.3 Å². The van der Waals surface area contributed by atoms with Gasteiger partial charge in [0.1, 0.15) is 12.4 Å². The molecule has 0 spiro atoms. The minimum absolute atomic E-state index is 0.517. The van der Waals surface area contributed by atoms with Gasteiger partial charge in [0.25, 0.3) is 0 Å². The number of ether oxygens (including phenoxy) is 1. The lowest BCUT2D eigenvalue weighted by atomic mass is 9.84. The molecule has 2 heteroatoms. The summed E-state index contributed by atoms with van der Waals surface area (Å²) in [7, 11) is 0. The van der Waals surface area contributed by atoms with E-state index in [0.29, 0.717) is 6.04 Å². The van der Waals surface area contributed by atoms with Crippen molar-refractivity contribution in [3.05, 3.63) is 29.3 Å². The number of fused-ring (bicyclic) bond motifs is 1. The van der Waals surface area contributed by atoms with Crippen molar-refractivity contribution in [1.29, 1.82) is 0 Å². The molecular weight excluding hydrogens is 258 g/mol. The van der Waals surface area contributed by atoms with Crippen LogP contribution in [0.15, 0.2) is 18.2 Å². The van der Waals surface area contributed by atoms with E-state index >= 15 is 0 Å². The number of hydrogen-bond acceptors (Lipinski definition) is 2. The predicted molar refractivity (Wildman–Crippen MR) is 88.0 cm³/mol. The van der Waals surface area contributed by atoms with Crippen LogP contribution in [-0.2, 0) is 12.8 Å². The fourth-order valence-electron chi connectivity index (χ4n) is 3.98. The summed E-state index contributed by atoms with van der Waals surface area (Å²) < 4.78 is 6.14. The summed E-state index contributed by atoms with van der Waals surface area (Å²) in [5, 5.41) is 3.65. The second-order valence-electron chi connectivity index (χ2n) is 6.66. The minimum atomic E-state index is 0.517. The number of nitrogens with one attached hydrogen (secondary N) is 1. The highest BCUT2D eigenvalue weighted by Crippen LogP contribution is 2.28. The van der Waals surface area contributed by atoms with Crippen LogP contribution in [0.3, 0.4) is 0 Å². The number of hydrogen-bond donors (Lipinski definition) is 1. The Labute approximate surface area is 129 Å². The van der Waals surface area contributed by atoms with Gasteiger partial charge in [-0.05, 0) is 67.8 Å². The van der Waals surface area contributed by atoms with Crippen molar-refractivity contribution in [3.63, 3.8) is 0 Å². The number of benzene rings is 1. The quantitative estimate of drug-likeness (QED) is 0.850. The molecule has 1 aromatic carbocycles. The molecule has 0 amide bonds. The average molecular weight is 287 g/mol. The van der Waals surface area contributed by atoms with E-state index in [4.69, 9.17) is 4.74 Å². The summed E-state index contributed by atoms with van der Waals surface area (Å²) in [6.45, 7) is 4.05. The molecule has 21 heavy (non-hydrogen) atoms. The third-order valence-corrected chi connectivity index (χ3v) is 5.18. The Balaban J connectivity index is 1.58. The molecule has 1 saturated carbocycles. The van der Waals surface area contributed by atoms with Crippen molar-refractivity contribution in [1.82, 2.24) is 5.32 Å². The second kappa shape index (κ2) is 7.31. The third-order valence-electron chi connectivity index (χ3n) is 5.18. The first-order valence-corrected chi connectivity index (χ1v) is 8.85. The number of rotatable bonds is 6. The lowest BCUT2D eigenvalue weighted by Gasteiger charge is -2.30. The summed E-state index contributed by atoms with van der Waals surface area (Å²) in [6.07, 6.45) is 10.7. The van der Waals surface area contributed by atoms with E-state index in [1.54, 1.807) is 0 Å². The maximum absolute atomic E-state index is 6.14. The highest BCUT2D eigenvalue weighted by Gasteiger charge is 2.23. The Morgan fingerprint density at radius 1 is 1.10 bits per heavy atom. The Hall–Kier alpha value is -1.02. The lowest BCUT2D eigenvalue weighted by molar-refractivity contribution is 0.187. The summed E-state index contributed by atoms with van der Waals surface area (Å²) in [5.41, 5.74) is 3.03. The van der Waals surface area contributed by atoms with E-state index in [0.717, 1.165) is 24.8 Å². The summed E-state index contributed by atoms with van der Waals surface area (Å²) >= 11 is 0. The molecule has 1 N–H and O–H groups in total. The van der Waals surface area contributed by atoms with Crippen LogP contribution in [0, 0.1) is 5.92 Å². The molecule has 0 radical (unpaired) electrons. The predicted octanol–water partition coefficient (Wildman–Crippen LogP) is 4.11. The van der Waals surface area contributed by atoms with Crippen molar-refractivity contribution < 1.29 is 4.74 Å². The average Bonchev–Trinajstić information content (AvgIpc) is 3.00. The van der Waals surface area contributed by atoms with E-state index in [2.05, 4.69) is 30.4 Å². The van der Waals surface area contributed by atoms with Gasteiger partial charge in [-0.3, -0.25) is 0 Å². The summed E-state index contributed by atoms with van der Waals surface area (Å²) in [6, 6.07) is 7.21. The van der Waals surface area contributed by atoms with Gasteiger partial charge in [0.2, 0.25) is 0 Å². The van der Waals surface area contributed by atoms with E-state index < -0.39 is 0 Å². The van der Waals surface area contributed by atoms with Gasteiger partial charge < -0.3 is 10.1 Å². The Bertz CT molecular complexity index is 451. The zero-order valence-corrected chi connectivity index (χ0v) is 13.4. The maximum Gasteiger partial charge on any atom is 0.119 e. The molecular formula is C19H29NO. The smallest absolute Gasteiger partial charge is 0.119 e. The molecule has 2 aliphatic rings. The second-order valence-corrected chi connectivity index (χ2v) is 6.66. The molecule has 0 saturated heterocycles. The van der Waals surface area contributed by atoms with Gasteiger partial charge in [0, 0.05) is 6.04 Å². The normalized spacial score (nSPS) is 20.2.